The zero-order valence-electron chi connectivity index (χ0n) is 15.4. The summed E-state index contributed by atoms with van der Waals surface area (Å²) in [5.74, 6) is 0.615. The summed E-state index contributed by atoms with van der Waals surface area (Å²) in [4.78, 5) is 0. The third kappa shape index (κ3) is 5.20. The van der Waals surface area contributed by atoms with Gasteiger partial charge in [0.25, 0.3) is 0 Å². The zero-order chi connectivity index (χ0) is 15.6. The Bertz CT molecular complexity index is 304. The maximum Gasteiger partial charge on any atom is 1.00 e. The Kier molecular flexibility index (Phi) is 8.40. The molecule has 0 saturated carbocycles. The van der Waals surface area contributed by atoms with E-state index in [9.17, 15) is 0 Å². The summed E-state index contributed by atoms with van der Waals surface area (Å²) in [6.45, 7) is 20.0. The number of hydrogen-bond donors (Lipinski definition) is 0. The van der Waals surface area contributed by atoms with Crippen molar-refractivity contribution in [3.63, 3.8) is 0 Å². The fourth-order valence-electron chi connectivity index (χ4n) is 2.45. The van der Waals surface area contributed by atoms with Gasteiger partial charge in [0.1, 0.15) is 0 Å². The fraction of sp³-hybridized carbons (Fsp3) is 0.933. The van der Waals surface area contributed by atoms with Crippen LogP contribution in [-0.2, 0) is 0 Å². The minimum absolute atomic E-state index is 0. The predicted octanol–water partition coefficient (Wildman–Crippen LogP) is 3.04. The number of nitrogens with zero attached hydrogens (tertiary/aromatic N) is 2. The Balaban J connectivity index is 0. The monoisotopic (exact) mass is 294 g/mol. The summed E-state index contributed by atoms with van der Waals surface area (Å²) < 4.78 is 15.6. The van der Waals surface area contributed by atoms with Crippen molar-refractivity contribution >= 4 is 14.3 Å². The van der Waals surface area contributed by atoms with Gasteiger partial charge in [-0.05, 0) is 27.6 Å². The van der Waals surface area contributed by atoms with E-state index >= 15 is 4.11 Å². The first kappa shape index (κ1) is 22.5. The third-order valence-electron chi connectivity index (χ3n) is 3.47. The Labute approximate surface area is 138 Å². The first-order valence-electron chi connectivity index (χ1n) is 7.22. The molecule has 0 heterocycles. The van der Waals surface area contributed by atoms with Crippen molar-refractivity contribution in [3.8, 4) is 0 Å². The topological polar surface area (TPSA) is 26.5 Å². The molecular formula is C15H32FLiN2Si. The van der Waals surface area contributed by atoms with Crippen molar-refractivity contribution in [2.45, 2.75) is 79.3 Å². The zero-order valence-corrected chi connectivity index (χ0v) is 16.4. The average Bonchev–Trinajstić information content (AvgIpc) is 2.12. The molecule has 0 amide bonds. The van der Waals surface area contributed by atoms with Crippen LogP contribution in [-0.4, -0.2) is 14.3 Å². The van der Waals surface area contributed by atoms with Gasteiger partial charge in [-0.1, -0.05) is 69.2 Å². The predicted molar refractivity (Wildman–Crippen MR) is 86.8 cm³/mol. The molecule has 0 aliphatic carbocycles. The van der Waals surface area contributed by atoms with Crippen molar-refractivity contribution in [2.24, 2.45) is 16.9 Å². The molecule has 2 nitrogen and oxygen atoms in total. The van der Waals surface area contributed by atoms with E-state index in [2.05, 4.69) is 37.9 Å². The van der Waals surface area contributed by atoms with Gasteiger partial charge in [-0.3, -0.25) is 0 Å². The van der Waals surface area contributed by atoms with Crippen LogP contribution in [0.4, 0.5) is 4.11 Å². The maximum absolute atomic E-state index is 15.6. The Hall–Kier alpha value is 0.214. The van der Waals surface area contributed by atoms with Gasteiger partial charge in [0.2, 0.25) is 0 Å². The molecular weight excluding hydrogens is 262 g/mol. The van der Waals surface area contributed by atoms with Crippen molar-refractivity contribution in [1.82, 2.24) is 0 Å². The SMILES string of the molecule is CC(C)C(=N[N-][Si](F)(C(C)(C)C)C(C)(C)C)C(C)C.[Li+]. The van der Waals surface area contributed by atoms with Crippen molar-refractivity contribution < 1.29 is 23.0 Å². The smallest absolute Gasteiger partial charge is 0.578 e. The van der Waals surface area contributed by atoms with E-state index in [1.807, 2.05) is 41.5 Å². The van der Waals surface area contributed by atoms with Gasteiger partial charge in [-0.15, -0.1) is 0 Å². The molecule has 0 spiro atoms. The van der Waals surface area contributed by atoms with Gasteiger partial charge >= 0.3 is 18.9 Å². The van der Waals surface area contributed by atoms with E-state index in [0.29, 0.717) is 11.8 Å². The Morgan fingerprint density at radius 1 is 0.900 bits per heavy atom. The number of rotatable bonds is 4. The fourth-order valence-corrected chi connectivity index (χ4v) is 5.55. The largest absolute Gasteiger partial charge is 1.00 e. The van der Waals surface area contributed by atoms with Gasteiger partial charge < -0.3 is 14.3 Å². The standard InChI is InChI=1S/C15H32FN2Si.Li/c1-11(2)13(12(3)4)17-18-19(16,14(5,6)7)15(8,9)10;/h11-12H,1-10H3;/q-1;+1. The van der Waals surface area contributed by atoms with Gasteiger partial charge in [-0.2, -0.15) is 0 Å². The maximum atomic E-state index is 15.6. The third-order valence-corrected chi connectivity index (χ3v) is 7.83. The minimum atomic E-state index is -3.37. The Morgan fingerprint density at radius 2 is 1.20 bits per heavy atom. The van der Waals surface area contributed by atoms with E-state index in [1.54, 1.807) is 0 Å². The molecule has 0 N–H and O–H groups in total. The van der Waals surface area contributed by atoms with Gasteiger partial charge in [0.05, 0.1) is 0 Å². The molecule has 0 aromatic rings. The van der Waals surface area contributed by atoms with E-state index < -0.39 is 18.6 Å². The van der Waals surface area contributed by atoms with Crippen LogP contribution in [0.1, 0.15) is 69.2 Å². The molecule has 5 heteroatoms. The molecule has 20 heavy (non-hydrogen) atoms. The van der Waals surface area contributed by atoms with Crippen LogP contribution >= 0.6 is 0 Å². The molecule has 0 aliphatic heterocycles. The van der Waals surface area contributed by atoms with Gasteiger partial charge in [-0.25, -0.2) is 0 Å². The van der Waals surface area contributed by atoms with E-state index in [-0.39, 0.29) is 18.9 Å². The van der Waals surface area contributed by atoms with Crippen LogP contribution in [0.2, 0.25) is 10.1 Å². The van der Waals surface area contributed by atoms with Gasteiger partial charge in [0, 0.05) is 0 Å². The summed E-state index contributed by atoms with van der Waals surface area (Å²) in [6, 6.07) is 0. The molecule has 0 bridgehead atoms. The molecule has 0 rings (SSSR count). The van der Waals surface area contributed by atoms with Crippen molar-refractivity contribution in [1.29, 1.82) is 0 Å². The molecule has 0 radical (unpaired) electrons. The summed E-state index contributed by atoms with van der Waals surface area (Å²) >= 11 is 0. The van der Waals surface area contributed by atoms with Crippen LogP contribution in [0.25, 0.3) is 5.09 Å². The first-order chi connectivity index (χ1) is 8.24. The molecule has 0 fully saturated rings. The van der Waals surface area contributed by atoms with Crippen LogP contribution in [0.5, 0.6) is 0 Å². The summed E-state index contributed by atoms with van der Waals surface area (Å²) in [6.07, 6.45) is 0. The average molecular weight is 294 g/mol. The summed E-state index contributed by atoms with van der Waals surface area (Å²) in [5, 5.41) is 7.76. The molecule has 0 aromatic carbocycles. The second-order valence-electron chi connectivity index (χ2n) is 8.06. The van der Waals surface area contributed by atoms with Crippen LogP contribution in [0, 0.1) is 11.8 Å². The van der Waals surface area contributed by atoms with Crippen LogP contribution in [0.15, 0.2) is 5.10 Å². The van der Waals surface area contributed by atoms with Crippen molar-refractivity contribution in [2.75, 3.05) is 0 Å². The number of hydrogen-bond acceptors (Lipinski definition) is 1. The van der Waals surface area contributed by atoms with E-state index in [0.717, 1.165) is 5.71 Å². The summed E-state index contributed by atoms with van der Waals surface area (Å²) in [7, 11) is -3.37. The second-order valence-corrected chi connectivity index (χ2v) is 12.5. The molecule has 0 saturated heterocycles. The Morgan fingerprint density at radius 3 is 1.40 bits per heavy atom. The quantitative estimate of drug-likeness (QED) is 0.330. The normalized spacial score (nSPS) is 13.2. The summed E-state index contributed by atoms with van der Waals surface area (Å²) in [5.41, 5.74) is 0.989. The van der Waals surface area contributed by atoms with Crippen LogP contribution < -0.4 is 18.9 Å². The van der Waals surface area contributed by atoms with E-state index in [4.69, 9.17) is 0 Å². The van der Waals surface area contributed by atoms with Crippen LogP contribution in [0.3, 0.4) is 0 Å². The molecule has 114 valence electrons. The minimum Gasteiger partial charge on any atom is -0.578 e. The number of halogens is 1. The molecule has 0 unspecified atom stereocenters. The first-order valence-corrected chi connectivity index (χ1v) is 9.05. The van der Waals surface area contributed by atoms with Gasteiger partial charge in [0.15, 0.2) is 8.57 Å². The van der Waals surface area contributed by atoms with E-state index in [1.165, 1.54) is 0 Å². The van der Waals surface area contributed by atoms with Crippen molar-refractivity contribution in [3.05, 3.63) is 5.09 Å². The molecule has 0 aromatic heterocycles. The molecule has 0 atom stereocenters. The molecule has 0 aliphatic rings. The second kappa shape index (κ2) is 7.47.